The van der Waals surface area contributed by atoms with Crippen molar-refractivity contribution in [1.29, 1.82) is 5.26 Å². The molecule has 2 aromatic carbocycles. The lowest BCUT2D eigenvalue weighted by Gasteiger charge is -2.12. The number of nitriles is 1. The Bertz CT molecular complexity index is 710. The van der Waals surface area contributed by atoms with Gasteiger partial charge >= 0.3 is 0 Å². The standard InChI is InChI=1S/C16H14BrFN2O/c1-10-5-13(17)14(18)7-15(10)20-9-11-3-4-12(8-19)16(6-11)21-2/h3-7,20H,9H2,1-2H3. The van der Waals surface area contributed by atoms with Crippen LogP contribution in [0.2, 0.25) is 0 Å². The second-order valence-corrected chi connectivity index (χ2v) is 5.44. The first kappa shape index (κ1) is 15.3. The predicted octanol–water partition coefficient (Wildman–Crippen LogP) is 4.39. The molecule has 0 aliphatic carbocycles. The molecule has 1 N–H and O–H groups in total. The lowest BCUT2D eigenvalue weighted by Crippen LogP contribution is -2.02. The minimum atomic E-state index is -0.305. The zero-order valence-corrected chi connectivity index (χ0v) is 13.3. The van der Waals surface area contributed by atoms with E-state index in [9.17, 15) is 4.39 Å². The number of benzene rings is 2. The van der Waals surface area contributed by atoms with Gasteiger partial charge in [0.25, 0.3) is 0 Å². The van der Waals surface area contributed by atoms with Gasteiger partial charge < -0.3 is 10.1 Å². The molecule has 0 fully saturated rings. The molecule has 2 rings (SSSR count). The average Bonchev–Trinajstić information content (AvgIpc) is 2.49. The van der Waals surface area contributed by atoms with E-state index in [1.54, 1.807) is 18.2 Å². The number of hydrogen-bond donors (Lipinski definition) is 1. The maximum absolute atomic E-state index is 13.6. The van der Waals surface area contributed by atoms with Gasteiger partial charge in [-0.15, -0.1) is 0 Å². The van der Waals surface area contributed by atoms with Crippen molar-refractivity contribution in [3.05, 3.63) is 57.3 Å². The van der Waals surface area contributed by atoms with Gasteiger partial charge in [0, 0.05) is 12.2 Å². The summed E-state index contributed by atoms with van der Waals surface area (Å²) in [6, 6.07) is 10.6. The topological polar surface area (TPSA) is 45.0 Å². The molecule has 0 atom stereocenters. The van der Waals surface area contributed by atoms with Crippen LogP contribution < -0.4 is 10.1 Å². The number of halogens is 2. The Balaban J connectivity index is 2.17. The van der Waals surface area contributed by atoms with E-state index in [0.29, 0.717) is 22.3 Å². The summed E-state index contributed by atoms with van der Waals surface area (Å²) >= 11 is 3.16. The second kappa shape index (κ2) is 6.59. The highest BCUT2D eigenvalue weighted by atomic mass is 79.9. The van der Waals surface area contributed by atoms with Crippen LogP contribution in [0.1, 0.15) is 16.7 Å². The van der Waals surface area contributed by atoms with Crippen molar-refractivity contribution < 1.29 is 9.13 Å². The summed E-state index contributed by atoms with van der Waals surface area (Å²) in [7, 11) is 1.53. The van der Waals surface area contributed by atoms with Crippen molar-refractivity contribution in [3.8, 4) is 11.8 Å². The summed E-state index contributed by atoms with van der Waals surface area (Å²) in [4.78, 5) is 0. The molecule has 3 nitrogen and oxygen atoms in total. The van der Waals surface area contributed by atoms with Crippen molar-refractivity contribution in [1.82, 2.24) is 0 Å². The molecule has 0 unspecified atom stereocenters. The molecule has 0 bridgehead atoms. The third-order valence-electron chi connectivity index (χ3n) is 3.14. The second-order valence-electron chi connectivity index (χ2n) is 4.58. The van der Waals surface area contributed by atoms with Gasteiger partial charge in [-0.2, -0.15) is 5.26 Å². The fourth-order valence-electron chi connectivity index (χ4n) is 1.97. The van der Waals surface area contributed by atoms with Crippen molar-refractivity contribution >= 4 is 21.6 Å². The molecule has 0 spiro atoms. The molecule has 0 aliphatic rings. The summed E-state index contributed by atoms with van der Waals surface area (Å²) in [5.74, 6) is 0.232. The predicted molar refractivity (Wildman–Crippen MR) is 83.9 cm³/mol. The Kier molecular flexibility index (Phi) is 4.81. The van der Waals surface area contributed by atoms with E-state index in [4.69, 9.17) is 10.00 Å². The van der Waals surface area contributed by atoms with E-state index in [1.165, 1.54) is 13.2 Å². The van der Waals surface area contributed by atoms with Gasteiger partial charge in [0.05, 0.1) is 17.1 Å². The first-order chi connectivity index (χ1) is 10.0. The third kappa shape index (κ3) is 3.53. The molecule has 5 heteroatoms. The Hall–Kier alpha value is -2.06. The van der Waals surface area contributed by atoms with Crippen molar-refractivity contribution in [2.24, 2.45) is 0 Å². The largest absolute Gasteiger partial charge is 0.495 e. The number of hydrogen-bond acceptors (Lipinski definition) is 3. The minimum Gasteiger partial charge on any atom is -0.495 e. The average molecular weight is 349 g/mol. The van der Waals surface area contributed by atoms with Crippen LogP contribution in [0.5, 0.6) is 5.75 Å². The van der Waals surface area contributed by atoms with Crippen LogP contribution in [0.15, 0.2) is 34.8 Å². The molecule has 0 saturated carbocycles. The molecule has 108 valence electrons. The molecule has 0 aliphatic heterocycles. The first-order valence-corrected chi connectivity index (χ1v) is 7.11. The molecule has 0 aromatic heterocycles. The number of anilines is 1. The van der Waals surface area contributed by atoms with E-state index >= 15 is 0 Å². The summed E-state index contributed by atoms with van der Waals surface area (Å²) < 4.78 is 19.2. The lowest BCUT2D eigenvalue weighted by molar-refractivity contribution is 0.413. The van der Waals surface area contributed by atoms with Crippen LogP contribution >= 0.6 is 15.9 Å². The van der Waals surface area contributed by atoms with Crippen LogP contribution in [0.25, 0.3) is 0 Å². The Morgan fingerprint density at radius 2 is 2.10 bits per heavy atom. The van der Waals surface area contributed by atoms with Gasteiger partial charge in [-0.25, -0.2) is 4.39 Å². The van der Waals surface area contributed by atoms with E-state index in [0.717, 1.165) is 16.8 Å². The SMILES string of the molecule is COc1cc(CNc2cc(F)c(Br)cc2C)ccc1C#N. The number of ether oxygens (including phenoxy) is 1. The van der Waals surface area contributed by atoms with Gasteiger partial charge in [-0.3, -0.25) is 0 Å². The van der Waals surface area contributed by atoms with Crippen molar-refractivity contribution in [2.45, 2.75) is 13.5 Å². The number of nitrogens with zero attached hydrogens (tertiary/aromatic N) is 1. The fourth-order valence-corrected chi connectivity index (χ4v) is 2.43. The zero-order valence-electron chi connectivity index (χ0n) is 11.7. The Morgan fingerprint density at radius 1 is 1.33 bits per heavy atom. The molecule has 2 aromatic rings. The van der Waals surface area contributed by atoms with Crippen LogP contribution in [0.3, 0.4) is 0 Å². The Morgan fingerprint density at radius 3 is 2.76 bits per heavy atom. The lowest BCUT2D eigenvalue weighted by atomic mass is 10.1. The molecular weight excluding hydrogens is 335 g/mol. The van der Waals surface area contributed by atoms with E-state index in [1.807, 2.05) is 13.0 Å². The molecular formula is C16H14BrFN2O. The van der Waals surface area contributed by atoms with E-state index < -0.39 is 0 Å². The third-order valence-corrected chi connectivity index (χ3v) is 3.74. The minimum absolute atomic E-state index is 0.305. The van der Waals surface area contributed by atoms with Gasteiger partial charge in [0.1, 0.15) is 17.6 Å². The van der Waals surface area contributed by atoms with Gasteiger partial charge in [-0.05, 0) is 58.2 Å². The highest BCUT2D eigenvalue weighted by molar-refractivity contribution is 9.10. The monoisotopic (exact) mass is 348 g/mol. The van der Waals surface area contributed by atoms with Gasteiger partial charge in [0.15, 0.2) is 0 Å². The summed E-state index contributed by atoms with van der Waals surface area (Å²) in [5.41, 5.74) is 3.13. The van der Waals surface area contributed by atoms with Crippen LogP contribution in [0, 0.1) is 24.1 Å². The van der Waals surface area contributed by atoms with Crippen LogP contribution in [-0.2, 0) is 6.54 Å². The van der Waals surface area contributed by atoms with Crippen LogP contribution in [0.4, 0.5) is 10.1 Å². The summed E-state index contributed by atoms with van der Waals surface area (Å²) in [6.07, 6.45) is 0. The number of nitrogens with one attached hydrogen (secondary N) is 1. The van der Waals surface area contributed by atoms with Gasteiger partial charge in [-0.1, -0.05) is 6.07 Å². The highest BCUT2D eigenvalue weighted by Gasteiger charge is 2.07. The van der Waals surface area contributed by atoms with Crippen molar-refractivity contribution in [2.75, 3.05) is 12.4 Å². The van der Waals surface area contributed by atoms with E-state index in [2.05, 4.69) is 27.3 Å². The molecule has 21 heavy (non-hydrogen) atoms. The normalized spacial score (nSPS) is 10.0. The molecule has 0 heterocycles. The van der Waals surface area contributed by atoms with Crippen molar-refractivity contribution in [3.63, 3.8) is 0 Å². The number of aryl methyl sites for hydroxylation is 1. The fraction of sp³-hybridized carbons (Fsp3) is 0.188. The zero-order chi connectivity index (χ0) is 15.4. The highest BCUT2D eigenvalue weighted by Crippen LogP contribution is 2.25. The summed E-state index contributed by atoms with van der Waals surface area (Å²) in [5, 5.41) is 12.1. The van der Waals surface area contributed by atoms with E-state index in [-0.39, 0.29) is 5.82 Å². The smallest absolute Gasteiger partial charge is 0.139 e. The molecule has 0 amide bonds. The molecule has 0 saturated heterocycles. The van der Waals surface area contributed by atoms with Crippen LogP contribution in [-0.4, -0.2) is 7.11 Å². The molecule has 0 radical (unpaired) electrons. The quantitative estimate of drug-likeness (QED) is 0.891. The number of rotatable bonds is 4. The summed E-state index contributed by atoms with van der Waals surface area (Å²) in [6.45, 7) is 2.43. The number of methoxy groups -OCH3 is 1. The Labute approximate surface area is 131 Å². The van der Waals surface area contributed by atoms with Gasteiger partial charge in [0.2, 0.25) is 0 Å². The maximum Gasteiger partial charge on any atom is 0.139 e. The first-order valence-electron chi connectivity index (χ1n) is 6.31. The maximum atomic E-state index is 13.6.